The van der Waals surface area contributed by atoms with E-state index in [0.717, 1.165) is 25.6 Å². The lowest BCUT2D eigenvalue weighted by atomic mass is 9.94. The van der Waals surface area contributed by atoms with E-state index in [1.165, 1.54) is 19.5 Å². The molecule has 4 nitrogen and oxygen atoms in total. The zero-order chi connectivity index (χ0) is 10.1. The predicted octanol–water partition coefficient (Wildman–Crippen LogP) is -0.0455. The average molecular weight is 198 g/mol. The van der Waals surface area contributed by atoms with Gasteiger partial charge in [-0.15, -0.1) is 0 Å². The third-order valence-electron chi connectivity index (χ3n) is 3.30. The van der Waals surface area contributed by atoms with E-state index in [4.69, 9.17) is 5.11 Å². The third kappa shape index (κ3) is 2.07. The maximum absolute atomic E-state index is 10.5. The minimum absolute atomic E-state index is 0.0981. The molecule has 4 heteroatoms. The number of hydrogen-bond donors (Lipinski definition) is 1. The number of likely N-dealkylation sites (tertiary alicyclic amines) is 2. The summed E-state index contributed by atoms with van der Waals surface area (Å²) in [5, 5.41) is 8.69. The Hall–Kier alpha value is -0.610. The van der Waals surface area contributed by atoms with Crippen LogP contribution in [0.1, 0.15) is 6.42 Å². The van der Waals surface area contributed by atoms with E-state index in [0.29, 0.717) is 0 Å². The summed E-state index contributed by atoms with van der Waals surface area (Å²) < 4.78 is 0. The zero-order valence-corrected chi connectivity index (χ0v) is 8.65. The minimum Gasteiger partial charge on any atom is -0.481 e. The van der Waals surface area contributed by atoms with Crippen molar-refractivity contribution in [2.75, 3.05) is 39.8 Å². The molecule has 0 amide bonds. The Balaban J connectivity index is 1.54. The summed E-state index contributed by atoms with van der Waals surface area (Å²) in [6.07, 6.45) is 1.23. The Kier molecular flexibility index (Phi) is 2.74. The van der Waals surface area contributed by atoms with Crippen molar-refractivity contribution in [3.8, 4) is 0 Å². The topological polar surface area (TPSA) is 43.8 Å². The van der Waals surface area contributed by atoms with Gasteiger partial charge >= 0.3 is 5.97 Å². The molecule has 2 aliphatic heterocycles. The van der Waals surface area contributed by atoms with Gasteiger partial charge in [-0.25, -0.2) is 0 Å². The number of rotatable bonds is 4. The Morgan fingerprint density at radius 3 is 2.50 bits per heavy atom. The second kappa shape index (κ2) is 3.87. The lowest BCUT2D eigenvalue weighted by Crippen LogP contribution is -2.52. The fraction of sp³-hybridized carbons (Fsp3) is 0.900. The number of carboxylic acid groups (broad SMARTS) is 1. The van der Waals surface area contributed by atoms with E-state index in [1.54, 1.807) is 0 Å². The van der Waals surface area contributed by atoms with Crippen LogP contribution in [0.3, 0.4) is 0 Å². The van der Waals surface area contributed by atoms with Gasteiger partial charge in [-0.05, 0) is 25.9 Å². The molecule has 2 aliphatic rings. The number of aliphatic carboxylic acids is 1. The molecule has 1 N–H and O–H groups in total. The van der Waals surface area contributed by atoms with Crippen LogP contribution in [0.2, 0.25) is 0 Å². The summed E-state index contributed by atoms with van der Waals surface area (Å²) in [6, 6.07) is 0. The van der Waals surface area contributed by atoms with Gasteiger partial charge in [-0.1, -0.05) is 0 Å². The average Bonchev–Trinajstić information content (AvgIpc) is 1.96. The van der Waals surface area contributed by atoms with Gasteiger partial charge in [-0.2, -0.15) is 0 Å². The van der Waals surface area contributed by atoms with Gasteiger partial charge in [0.1, 0.15) is 0 Å². The molecule has 0 aliphatic carbocycles. The van der Waals surface area contributed by atoms with Crippen molar-refractivity contribution in [2.24, 2.45) is 11.8 Å². The Labute approximate surface area is 84.5 Å². The monoisotopic (exact) mass is 198 g/mol. The van der Waals surface area contributed by atoms with Gasteiger partial charge in [0.2, 0.25) is 0 Å². The van der Waals surface area contributed by atoms with E-state index in [-0.39, 0.29) is 5.92 Å². The second-order valence-corrected chi connectivity index (χ2v) is 4.67. The molecule has 0 aromatic heterocycles. The highest BCUT2D eigenvalue weighted by Gasteiger charge is 2.33. The molecular weight excluding hydrogens is 180 g/mol. The summed E-state index contributed by atoms with van der Waals surface area (Å²) in [7, 11) is 2.14. The standard InChI is InChI=1S/C10H18N2O2/c1-11-4-8(5-11)2-3-12-6-9(7-12)10(13)14/h8-9H,2-7H2,1H3,(H,13,14). The summed E-state index contributed by atoms with van der Waals surface area (Å²) in [4.78, 5) is 15.1. The van der Waals surface area contributed by atoms with Gasteiger partial charge in [-0.3, -0.25) is 4.79 Å². The van der Waals surface area contributed by atoms with Crippen LogP contribution in [-0.4, -0.2) is 60.6 Å². The summed E-state index contributed by atoms with van der Waals surface area (Å²) >= 11 is 0. The van der Waals surface area contributed by atoms with Crippen LogP contribution in [0, 0.1) is 11.8 Å². The van der Waals surface area contributed by atoms with Crippen LogP contribution < -0.4 is 0 Å². The first kappa shape index (κ1) is 9.93. The van der Waals surface area contributed by atoms with Gasteiger partial charge in [0.15, 0.2) is 0 Å². The molecule has 0 unspecified atom stereocenters. The van der Waals surface area contributed by atoms with Crippen molar-refractivity contribution >= 4 is 5.97 Å². The highest BCUT2D eigenvalue weighted by Crippen LogP contribution is 2.21. The molecule has 80 valence electrons. The normalized spacial score (nSPS) is 25.8. The third-order valence-corrected chi connectivity index (χ3v) is 3.30. The smallest absolute Gasteiger partial charge is 0.309 e. The largest absolute Gasteiger partial charge is 0.481 e. The van der Waals surface area contributed by atoms with Crippen LogP contribution in [0.25, 0.3) is 0 Å². The quantitative estimate of drug-likeness (QED) is 0.688. The number of carbonyl (C=O) groups is 1. The lowest BCUT2D eigenvalue weighted by molar-refractivity contribution is -0.147. The van der Waals surface area contributed by atoms with Gasteiger partial charge in [0.05, 0.1) is 5.92 Å². The molecule has 0 radical (unpaired) electrons. The first-order chi connectivity index (χ1) is 6.65. The van der Waals surface area contributed by atoms with Crippen LogP contribution in [0.5, 0.6) is 0 Å². The molecular formula is C10H18N2O2. The fourth-order valence-electron chi connectivity index (χ4n) is 2.28. The SMILES string of the molecule is CN1CC(CCN2CC(C(=O)O)C2)C1. The molecule has 0 aromatic carbocycles. The fourth-order valence-corrected chi connectivity index (χ4v) is 2.28. The summed E-state index contributed by atoms with van der Waals surface area (Å²) in [5.41, 5.74) is 0. The first-order valence-corrected chi connectivity index (χ1v) is 5.29. The van der Waals surface area contributed by atoms with Crippen LogP contribution in [-0.2, 0) is 4.79 Å². The molecule has 2 rings (SSSR count). The Morgan fingerprint density at radius 2 is 2.00 bits per heavy atom. The molecule has 0 aromatic rings. The highest BCUT2D eigenvalue weighted by molar-refractivity contribution is 5.71. The maximum Gasteiger partial charge on any atom is 0.309 e. The van der Waals surface area contributed by atoms with E-state index >= 15 is 0 Å². The molecule has 14 heavy (non-hydrogen) atoms. The molecule has 2 fully saturated rings. The van der Waals surface area contributed by atoms with Crippen molar-refractivity contribution in [1.82, 2.24) is 9.80 Å². The van der Waals surface area contributed by atoms with E-state index in [2.05, 4.69) is 16.8 Å². The zero-order valence-electron chi connectivity index (χ0n) is 8.65. The van der Waals surface area contributed by atoms with Gasteiger partial charge < -0.3 is 14.9 Å². The van der Waals surface area contributed by atoms with E-state index in [9.17, 15) is 4.79 Å². The van der Waals surface area contributed by atoms with E-state index < -0.39 is 5.97 Å². The molecule has 0 atom stereocenters. The molecule has 0 spiro atoms. The molecule has 2 heterocycles. The summed E-state index contributed by atoms with van der Waals surface area (Å²) in [6.45, 7) is 5.05. The molecule has 2 saturated heterocycles. The second-order valence-electron chi connectivity index (χ2n) is 4.67. The number of carboxylic acids is 1. The van der Waals surface area contributed by atoms with Gasteiger partial charge in [0.25, 0.3) is 0 Å². The van der Waals surface area contributed by atoms with Crippen LogP contribution in [0.4, 0.5) is 0 Å². The van der Waals surface area contributed by atoms with Crippen molar-refractivity contribution < 1.29 is 9.90 Å². The first-order valence-electron chi connectivity index (χ1n) is 5.29. The summed E-state index contributed by atoms with van der Waals surface area (Å²) in [5.74, 6) is 0.118. The Bertz CT molecular complexity index is 220. The molecule has 0 saturated carbocycles. The number of nitrogens with zero attached hydrogens (tertiary/aromatic N) is 2. The predicted molar refractivity (Wildman–Crippen MR) is 53.2 cm³/mol. The van der Waals surface area contributed by atoms with Crippen molar-refractivity contribution in [3.05, 3.63) is 0 Å². The minimum atomic E-state index is -0.635. The molecule has 0 bridgehead atoms. The lowest BCUT2D eigenvalue weighted by Gasteiger charge is -2.41. The highest BCUT2D eigenvalue weighted by atomic mass is 16.4. The number of hydrogen-bond acceptors (Lipinski definition) is 3. The maximum atomic E-state index is 10.5. The Morgan fingerprint density at radius 1 is 1.36 bits per heavy atom. The van der Waals surface area contributed by atoms with Crippen LogP contribution >= 0.6 is 0 Å². The van der Waals surface area contributed by atoms with E-state index in [1.807, 2.05) is 0 Å². The van der Waals surface area contributed by atoms with Crippen molar-refractivity contribution in [3.63, 3.8) is 0 Å². The van der Waals surface area contributed by atoms with Gasteiger partial charge in [0, 0.05) is 26.2 Å². The van der Waals surface area contributed by atoms with Crippen LogP contribution in [0.15, 0.2) is 0 Å². The van der Waals surface area contributed by atoms with Crippen molar-refractivity contribution in [1.29, 1.82) is 0 Å². The van der Waals surface area contributed by atoms with Crippen molar-refractivity contribution in [2.45, 2.75) is 6.42 Å².